The van der Waals surface area contributed by atoms with Crippen LogP contribution in [0.15, 0.2) is 143 Å². The van der Waals surface area contributed by atoms with Gasteiger partial charge in [0.2, 0.25) is 0 Å². The number of carbonyl (C=O) groups is 1. The molecule has 0 radical (unpaired) electrons. The zero-order valence-electron chi connectivity index (χ0n) is 29.8. The summed E-state index contributed by atoms with van der Waals surface area (Å²) in [6.07, 6.45) is -1.10. The quantitative estimate of drug-likeness (QED) is 0.108. The van der Waals surface area contributed by atoms with Crippen LogP contribution in [0.25, 0.3) is 33.7 Å². The van der Waals surface area contributed by atoms with E-state index in [1.54, 1.807) is 11.8 Å². The van der Waals surface area contributed by atoms with Gasteiger partial charge >= 0.3 is 6.03 Å². The number of rotatable bonds is 12. The molecule has 2 heterocycles. The predicted molar refractivity (Wildman–Crippen MR) is 209 cm³/mol. The molecule has 53 heavy (non-hydrogen) atoms. The number of thioether (sulfide) groups is 1. The summed E-state index contributed by atoms with van der Waals surface area (Å²) >= 11 is 1.54. The lowest BCUT2D eigenvalue weighted by Crippen LogP contribution is -2.38. The number of hydrogen-bond acceptors (Lipinski definition) is 7. The summed E-state index contributed by atoms with van der Waals surface area (Å²) in [6, 6.07) is 44.3. The molecule has 3 N–H and O–H groups in total. The van der Waals surface area contributed by atoms with Crippen molar-refractivity contribution in [3.8, 4) is 33.7 Å². The first-order valence-corrected chi connectivity index (χ1v) is 18.9. The number of aliphatic hydroxyl groups is 1. The lowest BCUT2D eigenvalue weighted by molar-refractivity contribution is -0.268. The lowest BCUT2D eigenvalue weighted by atomic mass is 9.91. The summed E-state index contributed by atoms with van der Waals surface area (Å²) in [5, 5.41) is 15.9. The molecule has 9 heteroatoms. The molecule has 1 saturated heterocycles. The Morgan fingerprint density at radius 2 is 1.42 bits per heavy atom. The van der Waals surface area contributed by atoms with Crippen LogP contribution in [0, 0.1) is 5.92 Å². The fraction of sp³-hybridized carbons (Fsp3) is 0.227. The van der Waals surface area contributed by atoms with Gasteiger partial charge in [0, 0.05) is 41.5 Å². The zero-order chi connectivity index (χ0) is 36.6. The number of carbonyl (C=O) groups excluding carboxylic acids is 1. The van der Waals surface area contributed by atoms with Gasteiger partial charge in [-0.05, 0) is 46.9 Å². The summed E-state index contributed by atoms with van der Waals surface area (Å²) in [6.45, 7) is 5.02. The van der Waals surface area contributed by atoms with Crippen LogP contribution in [0.3, 0.4) is 0 Å². The molecule has 4 atom stereocenters. The molecular formula is C44H43N3O5S. The number of aromatic nitrogens is 1. The monoisotopic (exact) mass is 725 g/mol. The van der Waals surface area contributed by atoms with E-state index in [0.717, 1.165) is 56.0 Å². The third kappa shape index (κ3) is 8.72. The maximum Gasteiger partial charge on any atom is 0.315 e. The van der Waals surface area contributed by atoms with E-state index in [0.29, 0.717) is 24.1 Å². The van der Waals surface area contributed by atoms with Crippen LogP contribution in [-0.2, 0) is 22.6 Å². The first kappa shape index (κ1) is 36.2. The highest BCUT2D eigenvalue weighted by atomic mass is 32.2. The Labute approximate surface area is 314 Å². The van der Waals surface area contributed by atoms with Crippen molar-refractivity contribution in [1.29, 1.82) is 0 Å². The van der Waals surface area contributed by atoms with Crippen LogP contribution < -0.4 is 10.6 Å². The van der Waals surface area contributed by atoms with E-state index in [2.05, 4.69) is 41.8 Å². The molecule has 1 aromatic heterocycles. The van der Waals surface area contributed by atoms with Gasteiger partial charge in [-0.15, -0.1) is 0 Å². The highest BCUT2D eigenvalue weighted by Gasteiger charge is 2.39. The van der Waals surface area contributed by atoms with E-state index in [-0.39, 0.29) is 30.8 Å². The number of aliphatic hydroxyl groups excluding tert-OH is 1. The molecule has 0 aliphatic carbocycles. The standard InChI is InChI=1S/C44H43N3O5S/c1-3-45-43(49)46-26-31-12-10-17-35(24-31)36-18-11-19-37(25-36)42-50-38(29(2)40(51-42)34-22-20-30(27-48)21-23-34)28-53-44-47-39(32-13-6-4-7-14-32)41(52-44)33-15-8-5-9-16-33/h4-25,29,38,40,42,48H,3,26-28H2,1-2H3,(H2,45,46,49)/t29-,38+,40+,42+/m1/s1. The van der Waals surface area contributed by atoms with Crippen molar-refractivity contribution in [2.45, 2.75) is 50.7 Å². The van der Waals surface area contributed by atoms with Gasteiger partial charge in [-0.2, -0.15) is 0 Å². The number of benzene rings is 5. The Bertz CT molecular complexity index is 2050. The molecule has 1 aliphatic heterocycles. The van der Waals surface area contributed by atoms with Crippen LogP contribution >= 0.6 is 11.8 Å². The average Bonchev–Trinajstić information content (AvgIpc) is 3.65. The number of nitrogens with one attached hydrogen (secondary N) is 2. The topological polar surface area (TPSA) is 106 Å². The lowest BCUT2D eigenvalue weighted by Gasteiger charge is -2.41. The largest absolute Gasteiger partial charge is 0.431 e. The van der Waals surface area contributed by atoms with Crippen LogP contribution in [0.5, 0.6) is 0 Å². The SMILES string of the molecule is CCNC(=O)NCc1cccc(-c2cccc([C@H]3O[C@@H](CSc4nc(-c5ccccc5)c(-c5ccccc5)o4)[C@@H](C)[C@@H](c4ccc(CO)cc4)O3)c2)c1. The Hall–Kier alpha value is -5.19. The van der Waals surface area contributed by atoms with E-state index in [1.807, 2.05) is 116 Å². The van der Waals surface area contributed by atoms with E-state index in [4.69, 9.17) is 18.9 Å². The molecule has 2 amide bonds. The average molecular weight is 726 g/mol. The molecule has 7 rings (SSSR count). The van der Waals surface area contributed by atoms with Crippen molar-refractivity contribution in [2.24, 2.45) is 5.92 Å². The Morgan fingerprint density at radius 3 is 2.13 bits per heavy atom. The number of amides is 2. The second-order valence-corrected chi connectivity index (χ2v) is 14.0. The summed E-state index contributed by atoms with van der Waals surface area (Å²) in [7, 11) is 0. The molecule has 1 aliphatic rings. The van der Waals surface area contributed by atoms with Gasteiger partial charge in [-0.3, -0.25) is 0 Å². The minimum absolute atomic E-state index is 0.00634. The maximum atomic E-state index is 12.0. The van der Waals surface area contributed by atoms with Gasteiger partial charge in [0.15, 0.2) is 12.1 Å². The van der Waals surface area contributed by atoms with E-state index in [1.165, 1.54) is 0 Å². The normalized spacial score (nSPS) is 18.4. The summed E-state index contributed by atoms with van der Waals surface area (Å²) in [4.78, 5) is 17.0. The van der Waals surface area contributed by atoms with Gasteiger partial charge in [0.05, 0.1) is 18.8 Å². The second kappa shape index (κ2) is 17.1. The van der Waals surface area contributed by atoms with Crippen molar-refractivity contribution >= 4 is 17.8 Å². The van der Waals surface area contributed by atoms with E-state index < -0.39 is 6.29 Å². The number of hydrogen-bond donors (Lipinski definition) is 3. The minimum atomic E-state index is -0.633. The molecular weight excluding hydrogens is 683 g/mol. The number of ether oxygens (including phenoxy) is 2. The third-order valence-corrected chi connectivity index (χ3v) is 10.3. The van der Waals surface area contributed by atoms with Crippen molar-refractivity contribution in [3.05, 3.63) is 156 Å². The van der Waals surface area contributed by atoms with Gasteiger partial charge in [-0.1, -0.05) is 140 Å². The van der Waals surface area contributed by atoms with Crippen LogP contribution in [0.4, 0.5) is 4.79 Å². The molecule has 0 unspecified atom stereocenters. The van der Waals surface area contributed by atoms with E-state index >= 15 is 0 Å². The predicted octanol–water partition coefficient (Wildman–Crippen LogP) is 9.57. The van der Waals surface area contributed by atoms with Crippen molar-refractivity contribution in [3.63, 3.8) is 0 Å². The summed E-state index contributed by atoms with van der Waals surface area (Å²) in [5.74, 6) is 1.32. The fourth-order valence-corrected chi connectivity index (χ4v) is 7.52. The highest BCUT2D eigenvalue weighted by Crippen LogP contribution is 2.44. The van der Waals surface area contributed by atoms with Crippen molar-refractivity contribution in [2.75, 3.05) is 12.3 Å². The van der Waals surface area contributed by atoms with Crippen LogP contribution in [0.1, 0.15) is 48.5 Å². The van der Waals surface area contributed by atoms with Gasteiger partial charge < -0.3 is 29.6 Å². The number of urea groups is 1. The summed E-state index contributed by atoms with van der Waals surface area (Å²) in [5.41, 5.74) is 8.59. The number of nitrogens with zero attached hydrogens (tertiary/aromatic N) is 1. The second-order valence-electron chi connectivity index (χ2n) is 13.1. The molecule has 1 fully saturated rings. The van der Waals surface area contributed by atoms with Crippen LogP contribution in [-0.4, -0.2) is 34.5 Å². The Morgan fingerprint density at radius 1 is 0.736 bits per heavy atom. The molecule has 5 aromatic carbocycles. The molecule has 8 nitrogen and oxygen atoms in total. The van der Waals surface area contributed by atoms with Gasteiger partial charge in [0.1, 0.15) is 5.69 Å². The van der Waals surface area contributed by atoms with E-state index in [9.17, 15) is 9.90 Å². The van der Waals surface area contributed by atoms with Crippen molar-refractivity contribution < 1.29 is 23.8 Å². The Kier molecular flexibility index (Phi) is 11.7. The molecule has 0 bridgehead atoms. The van der Waals surface area contributed by atoms with Crippen molar-refractivity contribution in [1.82, 2.24) is 15.6 Å². The fourth-order valence-electron chi connectivity index (χ4n) is 6.53. The van der Waals surface area contributed by atoms with Gasteiger partial charge in [-0.25, -0.2) is 9.78 Å². The first-order chi connectivity index (χ1) is 26.0. The molecule has 270 valence electrons. The Balaban J connectivity index is 1.15. The first-order valence-electron chi connectivity index (χ1n) is 17.9. The highest BCUT2D eigenvalue weighted by molar-refractivity contribution is 7.99. The molecule has 0 saturated carbocycles. The zero-order valence-corrected chi connectivity index (χ0v) is 30.6. The summed E-state index contributed by atoms with van der Waals surface area (Å²) < 4.78 is 20.0. The smallest absolute Gasteiger partial charge is 0.315 e. The maximum absolute atomic E-state index is 12.0. The van der Waals surface area contributed by atoms with Gasteiger partial charge in [0.25, 0.3) is 5.22 Å². The molecule has 6 aromatic rings. The number of oxazole rings is 1. The molecule has 0 spiro atoms. The van der Waals surface area contributed by atoms with Crippen LogP contribution in [0.2, 0.25) is 0 Å². The minimum Gasteiger partial charge on any atom is -0.431 e. The third-order valence-electron chi connectivity index (χ3n) is 9.39.